The Morgan fingerprint density at radius 2 is 1.85 bits per heavy atom. The van der Waals surface area contributed by atoms with E-state index in [9.17, 15) is 13.2 Å². The molecule has 0 bridgehead atoms. The van der Waals surface area contributed by atoms with Gasteiger partial charge >= 0.3 is 0 Å². The number of carbonyl (C=O) groups is 1. The molecular formula is C14H22N2O3S. The first-order chi connectivity index (χ1) is 9.31. The molecule has 0 unspecified atom stereocenters. The van der Waals surface area contributed by atoms with E-state index in [0.29, 0.717) is 6.54 Å². The van der Waals surface area contributed by atoms with Crippen molar-refractivity contribution in [1.29, 1.82) is 0 Å². The summed E-state index contributed by atoms with van der Waals surface area (Å²) < 4.78 is 25.4. The van der Waals surface area contributed by atoms with Crippen LogP contribution in [-0.4, -0.2) is 37.5 Å². The lowest BCUT2D eigenvalue weighted by Gasteiger charge is -2.17. The van der Waals surface area contributed by atoms with E-state index in [-0.39, 0.29) is 24.1 Å². The number of amides is 1. The number of benzene rings is 1. The molecule has 0 radical (unpaired) electrons. The van der Waals surface area contributed by atoms with Crippen LogP contribution in [0, 0.1) is 0 Å². The molecule has 1 aromatic carbocycles. The van der Waals surface area contributed by atoms with Crippen LogP contribution in [0.1, 0.15) is 25.8 Å². The third-order valence-electron chi connectivity index (χ3n) is 2.76. The zero-order chi connectivity index (χ0) is 15.2. The Bertz CT molecular complexity index is 527. The van der Waals surface area contributed by atoms with Crippen LogP contribution in [0.25, 0.3) is 0 Å². The van der Waals surface area contributed by atoms with Crippen molar-refractivity contribution in [3.63, 3.8) is 0 Å². The molecule has 0 saturated heterocycles. The van der Waals surface area contributed by atoms with Crippen molar-refractivity contribution in [3.05, 3.63) is 35.9 Å². The molecule has 0 spiro atoms. The molecule has 112 valence electrons. The highest BCUT2D eigenvalue weighted by molar-refractivity contribution is 7.89. The zero-order valence-corrected chi connectivity index (χ0v) is 13.0. The second-order valence-electron chi connectivity index (χ2n) is 5.03. The minimum Gasteiger partial charge on any atom is -0.354 e. The zero-order valence-electron chi connectivity index (χ0n) is 12.2. The van der Waals surface area contributed by atoms with E-state index in [2.05, 4.69) is 5.32 Å². The SMILES string of the molecule is CC(C)NC(=O)CCS(=O)(=O)N(C)Cc1ccccc1. The minimum absolute atomic E-state index is 0.0142. The number of hydrogen-bond donors (Lipinski definition) is 1. The van der Waals surface area contributed by atoms with E-state index in [1.54, 1.807) is 0 Å². The van der Waals surface area contributed by atoms with Crippen LogP contribution in [0.15, 0.2) is 30.3 Å². The van der Waals surface area contributed by atoms with Crippen molar-refractivity contribution >= 4 is 15.9 Å². The van der Waals surface area contributed by atoms with Crippen LogP contribution >= 0.6 is 0 Å². The number of nitrogens with one attached hydrogen (secondary N) is 1. The normalized spacial score (nSPS) is 11.8. The highest BCUT2D eigenvalue weighted by Gasteiger charge is 2.19. The van der Waals surface area contributed by atoms with E-state index < -0.39 is 10.0 Å². The molecule has 0 saturated carbocycles. The van der Waals surface area contributed by atoms with Crippen LogP contribution in [-0.2, 0) is 21.4 Å². The number of sulfonamides is 1. The number of carbonyl (C=O) groups excluding carboxylic acids is 1. The maximum Gasteiger partial charge on any atom is 0.221 e. The lowest BCUT2D eigenvalue weighted by Crippen LogP contribution is -2.34. The van der Waals surface area contributed by atoms with E-state index in [0.717, 1.165) is 5.56 Å². The molecule has 0 fully saturated rings. The monoisotopic (exact) mass is 298 g/mol. The summed E-state index contributed by atoms with van der Waals surface area (Å²) in [5, 5.41) is 2.68. The van der Waals surface area contributed by atoms with Gasteiger partial charge in [0.15, 0.2) is 0 Å². The maximum atomic E-state index is 12.1. The lowest BCUT2D eigenvalue weighted by atomic mass is 10.2. The molecular weight excluding hydrogens is 276 g/mol. The van der Waals surface area contributed by atoms with Gasteiger partial charge in [-0.15, -0.1) is 0 Å². The van der Waals surface area contributed by atoms with Gasteiger partial charge in [0.1, 0.15) is 0 Å². The van der Waals surface area contributed by atoms with Crippen LogP contribution in [0.3, 0.4) is 0 Å². The first-order valence-electron chi connectivity index (χ1n) is 6.58. The quantitative estimate of drug-likeness (QED) is 0.826. The van der Waals surface area contributed by atoms with Crippen molar-refractivity contribution in [2.24, 2.45) is 0 Å². The standard InChI is InChI=1S/C14H22N2O3S/c1-12(2)15-14(17)9-10-20(18,19)16(3)11-13-7-5-4-6-8-13/h4-8,12H,9-11H2,1-3H3,(H,15,17). The topological polar surface area (TPSA) is 66.5 Å². The highest BCUT2D eigenvalue weighted by atomic mass is 32.2. The van der Waals surface area contributed by atoms with Crippen molar-refractivity contribution in [1.82, 2.24) is 9.62 Å². The Balaban J connectivity index is 2.53. The van der Waals surface area contributed by atoms with Crippen molar-refractivity contribution in [3.8, 4) is 0 Å². The molecule has 1 amide bonds. The van der Waals surface area contributed by atoms with Gasteiger partial charge in [0.25, 0.3) is 0 Å². The van der Waals surface area contributed by atoms with Gasteiger partial charge in [0.05, 0.1) is 5.75 Å². The van der Waals surface area contributed by atoms with E-state index in [4.69, 9.17) is 0 Å². The second kappa shape index (κ2) is 7.40. The van der Waals surface area contributed by atoms with E-state index in [1.807, 2.05) is 44.2 Å². The molecule has 0 aromatic heterocycles. The molecule has 1 aromatic rings. The minimum atomic E-state index is -3.42. The number of rotatable bonds is 7. The first kappa shape index (κ1) is 16.7. The third kappa shape index (κ3) is 5.71. The van der Waals surface area contributed by atoms with Crippen LogP contribution in [0.2, 0.25) is 0 Å². The molecule has 0 aliphatic rings. The molecule has 0 aliphatic carbocycles. The maximum absolute atomic E-state index is 12.1. The summed E-state index contributed by atoms with van der Waals surface area (Å²) in [5.74, 6) is -0.411. The summed E-state index contributed by atoms with van der Waals surface area (Å²) >= 11 is 0. The number of hydrogen-bond acceptors (Lipinski definition) is 3. The average molecular weight is 298 g/mol. The van der Waals surface area contributed by atoms with E-state index >= 15 is 0 Å². The van der Waals surface area contributed by atoms with Gasteiger partial charge in [-0.2, -0.15) is 0 Å². The summed E-state index contributed by atoms with van der Waals surface area (Å²) in [4.78, 5) is 11.5. The Morgan fingerprint density at radius 1 is 1.25 bits per heavy atom. The van der Waals surface area contributed by atoms with Gasteiger partial charge in [-0.3, -0.25) is 4.79 Å². The Hall–Kier alpha value is -1.40. The van der Waals surface area contributed by atoms with Gasteiger partial charge in [-0.05, 0) is 19.4 Å². The van der Waals surface area contributed by atoms with E-state index in [1.165, 1.54) is 11.4 Å². The van der Waals surface area contributed by atoms with Crippen LogP contribution in [0.5, 0.6) is 0 Å². The average Bonchev–Trinajstić information content (AvgIpc) is 2.37. The number of nitrogens with zero attached hydrogens (tertiary/aromatic N) is 1. The Morgan fingerprint density at radius 3 is 2.40 bits per heavy atom. The fraction of sp³-hybridized carbons (Fsp3) is 0.500. The summed E-state index contributed by atoms with van der Waals surface area (Å²) in [6.07, 6.45) is -0.0142. The Labute approximate surface area is 121 Å². The summed E-state index contributed by atoms with van der Waals surface area (Å²) in [7, 11) is -1.89. The predicted molar refractivity (Wildman–Crippen MR) is 79.6 cm³/mol. The molecule has 1 rings (SSSR count). The predicted octanol–water partition coefficient (Wildman–Crippen LogP) is 1.36. The highest BCUT2D eigenvalue weighted by Crippen LogP contribution is 2.08. The summed E-state index contributed by atoms with van der Waals surface area (Å²) in [6, 6.07) is 9.38. The molecule has 20 heavy (non-hydrogen) atoms. The lowest BCUT2D eigenvalue weighted by molar-refractivity contribution is -0.121. The smallest absolute Gasteiger partial charge is 0.221 e. The second-order valence-corrected chi connectivity index (χ2v) is 7.23. The fourth-order valence-corrected chi connectivity index (χ4v) is 2.81. The molecule has 0 aliphatic heterocycles. The first-order valence-corrected chi connectivity index (χ1v) is 8.19. The largest absolute Gasteiger partial charge is 0.354 e. The molecule has 0 atom stereocenters. The molecule has 0 heterocycles. The van der Waals surface area contributed by atoms with Gasteiger partial charge < -0.3 is 5.32 Å². The van der Waals surface area contributed by atoms with Crippen LogP contribution < -0.4 is 5.32 Å². The molecule has 6 heteroatoms. The molecule has 1 N–H and O–H groups in total. The summed E-state index contributed by atoms with van der Waals surface area (Å²) in [5.41, 5.74) is 0.921. The van der Waals surface area contributed by atoms with Gasteiger partial charge in [0.2, 0.25) is 15.9 Å². The van der Waals surface area contributed by atoms with Gasteiger partial charge in [0, 0.05) is 26.1 Å². The summed E-state index contributed by atoms with van der Waals surface area (Å²) in [6.45, 7) is 4.00. The van der Waals surface area contributed by atoms with Gasteiger partial charge in [-0.1, -0.05) is 30.3 Å². The van der Waals surface area contributed by atoms with Gasteiger partial charge in [-0.25, -0.2) is 12.7 Å². The molecule has 5 nitrogen and oxygen atoms in total. The fourth-order valence-electron chi connectivity index (χ4n) is 1.71. The van der Waals surface area contributed by atoms with Crippen molar-refractivity contribution in [2.75, 3.05) is 12.8 Å². The van der Waals surface area contributed by atoms with Crippen LogP contribution in [0.4, 0.5) is 0 Å². The Kier molecular flexibility index (Phi) is 6.16. The third-order valence-corrected chi connectivity index (χ3v) is 4.56. The van der Waals surface area contributed by atoms with Crippen molar-refractivity contribution < 1.29 is 13.2 Å². The van der Waals surface area contributed by atoms with Crippen molar-refractivity contribution in [2.45, 2.75) is 32.9 Å².